The molecule has 8 nitrogen and oxygen atoms in total. The fourth-order valence-electron chi connectivity index (χ4n) is 3.67. The molecule has 180 valence electrons. The van der Waals surface area contributed by atoms with Crippen LogP contribution in [0.25, 0.3) is 0 Å². The van der Waals surface area contributed by atoms with E-state index in [4.69, 9.17) is 21.1 Å². The summed E-state index contributed by atoms with van der Waals surface area (Å²) in [5.74, 6) is 2.37. The monoisotopic (exact) mass is 500 g/mol. The number of likely N-dealkylation sites (N-methyl/N-ethyl adjacent to an activating group) is 1. The summed E-state index contributed by atoms with van der Waals surface area (Å²) in [6.07, 6.45) is 2.78. The van der Waals surface area contributed by atoms with Gasteiger partial charge in [-0.05, 0) is 63.7 Å². The Morgan fingerprint density at radius 2 is 2.03 bits per heavy atom. The standard InChI is InChI=1S/C24H29ClN6O2S/c1-4-32-21-13-16(33-17-11-12-31(3)15-17)9-10-19(21)29-24-27-14-18(25)23(30-24)28-20-7-5-6-8-22(20)34-26-2/h5-10,13-14,17,26H,4,11-12,15H2,1-3H3,(H2,27,28,29,30). The lowest BCUT2D eigenvalue weighted by molar-refractivity contribution is 0.207. The molecule has 0 amide bonds. The second kappa shape index (κ2) is 11.6. The van der Waals surface area contributed by atoms with Gasteiger partial charge < -0.3 is 25.0 Å². The smallest absolute Gasteiger partial charge is 0.229 e. The van der Waals surface area contributed by atoms with Crippen LogP contribution in [-0.2, 0) is 0 Å². The van der Waals surface area contributed by atoms with Crippen LogP contribution in [0.15, 0.2) is 53.6 Å². The van der Waals surface area contributed by atoms with E-state index in [1.807, 2.05) is 56.4 Å². The van der Waals surface area contributed by atoms with E-state index in [0.717, 1.165) is 41.5 Å². The summed E-state index contributed by atoms with van der Waals surface area (Å²) >= 11 is 7.90. The second-order valence-corrected chi connectivity index (χ2v) is 9.28. The molecule has 0 spiro atoms. The Hall–Kier alpha value is -2.72. The highest BCUT2D eigenvalue weighted by molar-refractivity contribution is 7.97. The van der Waals surface area contributed by atoms with Crippen molar-refractivity contribution in [3.63, 3.8) is 0 Å². The number of rotatable bonds is 10. The van der Waals surface area contributed by atoms with Crippen molar-refractivity contribution in [1.82, 2.24) is 19.6 Å². The minimum Gasteiger partial charge on any atom is -0.492 e. The molecule has 1 aliphatic rings. The van der Waals surface area contributed by atoms with Gasteiger partial charge in [0, 0.05) is 24.1 Å². The van der Waals surface area contributed by atoms with Gasteiger partial charge in [-0.2, -0.15) is 4.98 Å². The average Bonchev–Trinajstić information content (AvgIpc) is 3.24. The Labute approximate surface area is 209 Å². The number of nitrogens with zero attached hydrogens (tertiary/aromatic N) is 3. The molecule has 2 heterocycles. The zero-order valence-electron chi connectivity index (χ0n) is 19.5. The van der Waals surface area contributed by atoms with Gasteiger partial charge in [-0.3, -0.25) is 4.72 Å². The van der Waals surface area contributed by atoms with Crippen molar-refractivity contribution >= 4 is 46.7 Å². The topological polar surface area (TPSA) is 83.6 Å². The second-order valence-electron chi connectivity index (χ2n) is 7.82. The molecule has 2 aromatic carbocycles. The van der Waals surface area contributed by atoms with Gasteiger partial charge in [0.15, 0.2) is 5.82 Å². The molecular weight excluding hydrogens is 472 g/mol. The largest absolute Gasteiger partial charge is 0.492 e. The first-order valence-corrected chi connectivity index (χ1v) is 12.4. The molecule has 3 aromatic rings. The summed E-state index contributed by atoms with van der Waals surface area (Å²) in [6.45, 7) is 4.45. The number of halogens is 1. The summed E-state index contributed by atoms with van der Waals surface area (Å²) in [5.41, 5.74) is 1.64. The van der Waals surface area contributed by atoms with Crippen LogP contribution in [0.5, 0.6) is 11.5 Å². The van der Waals surface area contributed by atoms with Gasteiger partial charge in [0.05, 0.1) is 24.2 Å². The lowest BCUT2D eigenvalue weighted by Gasteiger charge is -2.17. The van der Waals surface area contributed by atoms with Crippen LogP contribution in [0.4, 0.5) is 23.1 Å². The Kier molecular flexibility index (Phi) is 8.34. The Morgan fingerprint density at radius 3 is 2.79 bits per heavy atom. The van der Waals surface area contributed by atoms with Gasteiger partial charge in [0.2, 0.25) is 5.95 Å². The van der Waals surface area contributed by atoms with Gasteiger partial charge in [-0.25, -0.2) is 4.98 Å². The molecule has 1 atom stereocenters. The summed E-state index contributed by atoms with van der Waals surface area (Å²) in [6, 6.07) is 13.7. The molecule has 1 fully saturated rings. The molecule has 0 aliphatic carbocycles. The van der Waals surface area contributed by atoms with E-state index in [-0.39, 0.29) is 6.10 Å². The number of ether oxygens (including phenoxy) is 2. The van der Waals surface area contributed by atoms with Gasteiger partial charge in [0.1, 0.15) is 22.6 Å². The van der Waals surface area contributed by atoms with Crippen LogP contribution in [0, 0.1) is 0 Å². The normalized spacial score (nSPS) is 15.8. The highest BCUT2D eigenvalue weighted by atomic mass is 35.5. The van der Waals surface area contributed by atoms with Crippen LogP contribution in [0.1, 0.15) is 13.3 Å². The molecule has 34 heavy (non-hydrogen) atoms. The van der Waals surface area contributed by atoms with Crippen molar-refractivity contribution < 1.29 is 9.47 Å². The molecule has 1 aromatic heterocycles. The maximum Gasteiger partial charge on any atom is 0.229 e. The Bertz CT molecular complexity index is 1120. The van der Waals surface area contributed by atoms with Crippen LogP contribution >= 0.6 is 23.5 Å². The van der Waals surface area contributed by atoms with Crippen LogP contribution in [0.2, 0.25) is 5.02 Å². The van der Waals surface area contributed by atoms with Gasteiger partial charge in [-0.15, -0.1) is 0 Å². The number of likely N-dealkylation sites (tertiary alicyclic amines) is 1. The van der Waals surface area contributed by atoms with Crippen LogP contribution in [-0.4, -0.2) is 54.8 Å². The maximum absolute atomic E-state index is 6.39. The van der Waals surface area contributed by atoms with E-state index in [9.17, 15) is 0 Å². The predicted octanol–water partition coefficient (Wildman–Crippen LogP) is 5.33. The quantitative estimate of drug-likeness (QED) is 0.320. The minimum atomic E-state index is 0.190. The molecule has 4 rings (SSSR count). The fourth-order valence-corrected chi connectivity index (χ4v) is 4.40. The average molecular weight is 501 g/mol. The van der Waals surface area contributed by atoms with Gasteiger partial charge in [0.25, 0.3) is 0 Å². The van der Waals surface area contributed by atoms with E-state index >= 15 is 0 Å². The van der Waals surface area contributed by atoms with E-state index in [1.165, 1.54) is 11.9 Å². The van der Waals surface area contributed by atoms with Crippen molar-refractivity contribution in [3.8, 4) is 11.5 Å². The number of hydrogen-bond acceptors (Lipinski definition) is 9. The molecule has 1 aliphatic heterocycles. The third-order valence-corrected chi connectivity index (χ3v) is 6.30. The van der Waals surface area contributed by atoms with Crippen LogP contribution < -0.4 is 24.8 Å². The van der Waals surface area contributed by atoms with Gasteiger partial charge in [-0.1, -0.05) is 23.7 Å². The molecule has 0 radical (unpaired) electrons. The SMILES string of the molecule is CCOc1cc(OC2CCN(C)C2)ccc1Nc1ncc(Cl)c(Nc2ccccc2SNC)n1. The zero-order valence-corrected chi connectivity index (χ0v) is 21.0. The fraction of sp³-hybridized carbons (Fsp3) is 0.333. The van der Waals surface area contributed by atoms with Crippen molar-refractivity contribution in [2.24, 2.45) is 0 Å². The van der Waals surface area contributed by atoms with Crippen molar-refractivity contribution in [2.45, 2.75) is 24.3 Å². The number of aromatic nitrogens is 2. The lowest BCUT2D eigenvalue weighted by Crippen LogP contribution is -2.21. The van der Waals surface area contributed by atoms with Crippen molar-refractivity contribution in [2.75, 3.05) is 44.4 Å². The zero-order chi connectivity index (χ0) is 23.9. The summed E-state index contributed by atoms with van der Waals surface area (Å²) in [4.78, 5) is 12.2. The number of hydrogen-bond donors (Lipinski definition) is 3. The predicted molar refractivity (Wildman–Crippen MR) is 139 cm³/mol. The third kappa shape index (κ3) is 6.24. The minimum absolute atomic E-state index is 0.190. The van der Waals surface area contributed by atoms with E-state index in [2.05, 4.69) is 37.3 Å². The maximum atomic E-state index is 6.39. The highest BCUT2D eigenvalue weighted by Crippen LogP contribution is 2.34. The summed E-state index contributed by atoms with van der Waals surface area (Å²) in [7, 11) is 3.98. The molecule has 1 saturated heterocycles. The Morgan fingerprint density at radius 1 is 1.18 bits per heavy atom. The number of para-hydroxylation sites is 1. The van der Waals surface area contributed by atoms with E-state index in [1.54, 1.807) is 6.20 Å². The number of anilines is 4. The highest BCUT2D eigenvalue weighted by Gasteiger charge is 2.21. The molecular formula is C24H29ClN6O2S. The molecule has 0 bridgehead atoms. The van der Waals surface area contributed by atoms with E-state index < -0.39 is 0 Å². The van der Waals surface area contributed by atoms with Crippen molar-refractivity contribution in [3.05, 3.63) is 53.7 Å². The third-order valence-electron chi connectivity index (χ3n) is 5.25. The summed E-state index contributed by atoms with van der Waals surface area (Å²) in [5, 5.41) is 6.98. The molecule has 3 N–H and O–H groups in total. The first kappa shape index (κ1) is 24.4. The molecule has 10 heteroatoms. The van der Waals surface area contributed by atoms with Crippen LogP contribution in [0.3, 0.4) is 0 Å². The van der Waals surface area contributed by atoms with Crippen molar-refractivity contribution in [1.29, 1.82) is 0 Å². The number of nitrogens with one attached hydrogen (secondary N) is 3. The Balaban J connectivity index is 1.53. The number of benzene rings is 2. The van der Waals surface area contributed by atoms with Gasteiger partial charge >= 0.3 is 0 Å². The lowest BCUT2D eigenvalue weighted by atomic mass is 10.2. The molecule has 1 unspecified atom stereocenters. The van der Waals surface area contributed by atoms with E-state index in [0.29, 0.717) is 29.1 Å². The summed E-state index contributed by atoms with van der Waals surface area (Å²) < 4.78 is 15.1. The first-order valence-electron chi connectivity index (χ1n) is 11.2. The first-order chi connectivity index (χ1) is 16.6. The molecule has 0 saturated carbocycles.